The van der Waals surface area contributed by atoms with Gasteiger partial charge in [0.15, 0.2) is 6.61 Å². The minimum Gasteiger partial charge on any atom is -0.483 e. The van der Waals surface area contributed by atoms with Crippen molar-refractivity contribution in [3.63, 3.8) is 0 Å². The third kappa shape index (κ3) is 3.45. The van der Waals surface area contributed by atoms with Gasteiger partial charge in [-0.25, -0.2) is 5.43 Å². The van der Waals surface area contributed by atoms with Crippen LogP contribution in [0.4, 0.5) is 0 Å². The van der Waals surface area contributed by atoms with Crippen LogP contribution in [0.25, 0.3) is 10.8 Å². The van der Waals surface area contributed by atoms with Crippen LogP contribution in [0.3, 0.4) is 0 Å². The molecular weight excluding hydrogens is 324 g/mol. The van der Waals surface area contributed by atoms with E-state index in [1.54, 1.807) is 0 Å². The Balaban J connectivity index is 1.42. The van der Waals surface area contributed by atoms with Crippen molar-refractivity contribution in [2.75, 3.05) is 6.61 Å². The van der Waals surface area contributed by atoms with E-state index in [1.165, 1.54) is 5.56 Å². The lowest BCUT2D eigenvalue weighted by atomic mass is 9.90. The molecule has 130 valence electrons. The van der Waals surface area contributed by atoms with Crippen LogP contribution in [-0.2, 0) is 11.2 Å². The molecule has 0 heterocycles. The minimum atomic E-state index is -0.256. The van der Waals surface area contributed by atoms with Gasteiger partial charge in [0.1, 0.15) is 5.75 Å². The fourth-order valence-corrected chi connectivity index (χ4v) is 3.34. The molecule has 1 amide bonds. The molecule has 0 saturated heterocycles. The molecule has 0 fully saturated rings. The first-order chi connectivity index (χ1) is 12.8. The molecule has 0 aliphatic heterocycles. The molecule has 0 aromatic heterocycles. The van der Waals surface area contributed by atoms with Gasteiger partial charge in [0.05, 0.1) is 5.71 Å². The molecule has 0 atom stereocenters. The Morgan fingerprint density at radius 3 is 2.73 bits per heavy atom. The van der Waals surface area contributed by atoms with Crippen LogP contribution in [0.2, 0.25) is 0 Å². The van der Waals surface area contributed by atoms with E-state index in [0.29, 0.717) is 5.75 Å². The molecule has 26 heavy (non-hydrogen) atoms. The van der Waals surface area contributed by atoms with E-state index in [-0.39, 0.29) is 12.5 Å². The summed E-state index contributed by atoms with van der Waals surface area (Å²) in [5.41, 5.74) is 5.99. The number of hydrogen-bond donors (Lipinski definition) is 1. The van der Waals surface area contributed by atoms with Crippen molar-refractivity contribution in [1.29, 1.82) is 0 Å². The second kappa shape index (κ2) is 7.40. The van der Waals surface area contributed by atoms with Gasteiger partial charge in [-0.1, -0.05) is 60.7 Å². The lowest BCUT2D eigenvalue weighted by Gasteiger charge is -2.17. The number of carbonyl (C=O) groups excluding carboxylic acids is 1. The Hall–Kier alpha value is -3.14. The topological polar surface area (TPSA) is 50.7 Å². The molecule has 4 rings (SSSR count). The van der Waals surface area contributed by atoms with Gasteiger partial charge in [0.25, 0.3) is 5.91 Å². The highest BCUT2D eigenvalue weighted by Gasteiger charge is 2.15. The second-order valence-corrected chi connectivity index (χ2v) is 6.37. The Kier molecular flexibility index (Phi) is 4.65. The van der Waals surface area contributed by atoms with E-state index in [1.807, 2.05) is 54.6 Å². The molecule has 3 aromatic carbocycles. The lowest BCUT2D eigenvalue weighted by molar-refractivity contribution is -0.123. The van der Waals surface area contributed by atoms with Crippen LogP contribution in [0, 0.1) is 0 Å². The van der Waals surface area contributed by atoms with Crippen molar-refractivity contribution < 1.29 is 9.53 Å². The smallest absolute Gasteiger partial charge is 0.277 e. The molecule has 0 spiro atoms. The monoisotopic (exact) mass is 344 g/mol. The highest BCUT2D eigenvalue weighted by Crippen LogP contribution is 2.25. The Labute approximate surface area is 152 Å². The zero-order chi connectivity index (χ0) is 17.8. The number of amides is 1. The van der Waals surface area contributed by atoms with Crippen LogP contribution in [0.1, 0.15) is 24.0 Å². The Morgan fingerprint density at radius 1 is 0.962 bits per heavy atom. The predicted molar refractivity (Wildman–Crippen MR) is 104 cm³/mol. The van der Waals surface area contributed by atoms with Crippen LogP contribution >= 0.6 is 0 Å². The maximum absolute atomic E-state index is 12.2. The number of nitrogens with one attached hydrogen (secondary N) is 1. The van der Waals surface area contributed by atoms with Crippen molar-refractivity contribution in [2.24, 2.45) is 5.10 Å². The molecule has 1 N–H and O–H groups in total. The number of rotatable bonds is 4. The summed E-state index contributed by atoms with van der Waals surface area (Å²) >= 11 is 0. The molecule has 0 radical (unpaired) electrons. The van der Waals surface area contributed by atoms with Crippen LogP contribution < -0.4 is 10.2 Å². The van der Waals surface area contributed by atoms with E-state index in [2.05, 4.69) is 22.7 Å². The van der Waals surface area contributed by atoms with E-state index in [9.17, 15) is 4.79 Å². The van der Waals surface area contributed by atoms with Crippen molar-refractivity contribution in [1.82, 2.24) is 5.43 Å². The third-order valence-corrected chi connectivity index (χ3v) is 4.61. The Bertz CT molecular complexity index is 973. The van der Waals surface area contributed by atoms with Crippen molar-refractivity contribution in [3.8, 4) is 5.75 Å². The summed E-state index contributed by atoms with van der Waals surface area (Å²) in [6, 6.07) is 22.0. The first-order valence-corrected chi connectivity index (χ1v) is 8.85. The maximum Gasteiger partial charge on any atom is 0.277 e. The highest BCUT2D eigenvalue weighted by molar-refractivity contribution is 6.03. The van der Waals surface area contributed by atoms with E-state index < -0.39 is 0 Å². The third-order valence-electron chi connectivity index (χ3n) is 4.61. The molecule has 4 heteroatoms. The van der Waals surface area contributed by atoms with Crippen LogP contribution in [0.5, 0.6) is 5.75 Å². The number of nitrogens with zero attached hydrogens (tertiary/aromatic N) is 1. The second-order valence-electron chi connectivity index (χ2n) is 6.37. The molecule has 1 aliphatic carbocycles. The predicted octanol–water partition coefficient (Wildman–Crippen LogP) is 4.08. The van der Waals surface area contributed by atoms with Gasteiger partial charge >= 0.3 is 0 Å². The fraction of sp³-hybridized carbons (Fsp3) is 0.182. The molecule has 3 aromatic rings. The number of aryl methyl sites for hydroxylation is 1. The molecule has 1 aliphatic rings. The molecule has 4 nitrogen and oxygen atoms in total. The quantitative estimate of drug-likeness (QED) is 0.725. The van der Waals surface area contributed by atoms with Gasteiger partial charge in [0.2, 0.25) is 0 Å². The van der Waals surface area contributed by atoms with Crippen molar-refractivity contribution in [3.05, 3.63) is 77.9 Å². The molecule has 0 saturated carbocycles. The summed E-state index contributed by atoms with van der Waals surface area (Å²) in [6.07, 6.45) is 2.99. The van der Waals surface area contributed by atoms with E-state index in [4.69, 9.17) is 4.74 Å². The van der Waals surface area contributed by atoms with Crippen molar-refractivity contribution >= 4 is 22.4 Å². The van der Waals surface area contributed by atoms with Gasteiger partial charge < -0.3 is 4.74 Å². The lowest BCUT2D eigenvalue weighted by Crippen LogP contribution is -2.27. The SMILES string of the molecule is O=C(COc1cccc2ccccc12)NN=C1CCCc2ccccc21. The van der Waals surface area contributed by atoms with Gasteiger partial charge in [-0.05, 0) is 36.3 Å². The summed E-state index contributed by atoms with van der Waals surface area (Å²) in [6.45, 7) is -0.0631. The first-order valence-electron chi connectivity index (χ1n) is 8.85. The largest absolute Gasteiger partial charge is 0.483 e. The summed E-state index contributed by atoms with van der Waals surface area (Å²) in [5.74, 6) is 0.447. The average molecular weight is 344 g/mol. The Morgan fingerprint density at radius 2 is 1.77 bits per heavy atom. The standard InChI is InChI=1S/C22H20N2O2/c25-22(15-26-21-14-6-10-17-8-2-4-12-19(17)21)24-23-20-13-5-9-16-7-1-3-11-18(16)20/h1-4,6-8,10-12,14H,5,9,13,15H2,(H,24,25). The summed E-state index contributed by atoms with van der Waals surface area (Å²) < 4.78 is 5.71. The molecule has 0 bridgehead atoms. The number of ether oxygens (including phenoxy) is 1. The fourth-order valence-electron chi connectivity index (χ4n) is 3.34. The number of benzene rings is 3. The van der Waals surface area contributed by atoms with Crippen LogP contribution in [0.15, 0.2) is 71.8 Å². The maximum atomic E-state index is 12.2. The van der Waals surface area contributed by atoms with Gasteiger partial charge in [-0.3, -0.25) is 4.79 Å². The first kappa shape index (κ1) is 16.3. The number of carbonyl (C=O) groups is 1. The average Bonchev–Trinajstić information content (AvgIpc) is 2.70. The zero-order valence-corrected chi connectivity index (χ0v) is 14.4. The minimum absolute atomic E-state index is 0.0631. The van der Waals surface area contributed by atoms with E-state index >= 15 is 0 Å². The summed E-state index contributed by atoms with van der Waals surface area (Å²) in [5, 5.41) is 6.42. The van der Waals surface area contributed by atoms with Gasteiger partial charge in [-0.15, -0.1) is 0 Å². The number of fused-ring (bicyclic) bond motifs is 2. The van der Waals surface area contributed by atoms with E-state index in [0.717, 1.165) is 41.3 Å². The number of hydrogen-bond acceptors (Lipinski definition) is 3. The molecular formula is C22H20N2O2. The summed E-state index contributed by atoms with van der Waals surface area (Å²) in [4.78, 5) is 12.2. The normalized spacial score (nSPS) is 14.8. The number of hydrazone groups is 1. The van der Waals surface area contributed by atoms with Gasteiger partial charge in [0, 0.05) is 10.9 Å². The summed E-state index contributed by atoms with van der Waals surface area (Å²) in [7, 11) is 0. The molecule has 0 unspecified atom stereocenters. The zero-order valence-electron chi connectivity index (χ0n) is 14.4. The van der Waals surface area contributed by atoms with Crippen molar-refractivity contribution in [2.45, 2.75) is 19.3 Å². The highest BCUT2D eigenvalue weighted by atomic mass is 16.5. The van der Waals surface area contributed by atoms with Crippen LogP contribution in [-0.4, -0.2) is 18.2 Å². The van der Waals surface area contributed by atoms with Gasteiger partial charge in [-0.2, -0.15) is 5.10 Å².